The summed E-state index contributed by atoms with van der Waals surface area (Å²) in [6, 6.07) is 11.6. The van der Waals surface area contributed by atoms with Gasteiger partial charge in [-0.2, -0.15) is 13.2 Å². The summed E-state index contributed by atoms with van der Waals surface area (Å²) in [5, 5.41) is 14.0. The summed E-state index contributed by atoms with van der Waals surface area (Å²) < 4.78 is 74.6. The van der Waals surface area contributed by atoms with E-state index < -0.39 is 47.1 Å². The molecule has 0 radical (unpaired) electrons. The molecule has 4 aromatic rings. The SMILES string of the molecule is CO[C@H](C)COc1cc(C(=O)NC[C@](O)(c2cc3c(c(-c4ccc(F)cc4)n2)OC[C@]3(C)C(N)=O)C(F)(F)F)cc2cccnc12. The molecule has 0 saturated carbocycles. The van der Waals surface area contributed by atoms with Gasteiger partial charge in [0.2, 0.25) is 11.5 Å². The average Bonchev–Trinajstić information content (AvgIpc) is 3.39. The van der Waals surface area contributed by atoms with Crippen LogP contribution in [0.15, 0.2) is 60.8 Å². The summed E-state index contributed by atoms with van der Waals surface area (Å²) >= 11 is 0. The Morgan fingerprint density at radius 2 is 1.89 bits per heavy atom. The number of methoxy groups -OCH3 is 1. The molecule has 242 valence electrons. The highest BCUT2D eigenvalue weighted by Crippen LogP contribution is 2.47. The van der Waals surface area contributed by atoms with Gasteiger partial charge in [0.05, 0.1) is 18.3 Å². The molecule has 4 N–H and O–H groups in total. The van der Waals surface area contributed by atoms with Crippen molar-refractivity contribution in [3.8, 4) is 22.8 Å². The van der Waals surface area contributed by atoms with Crippen LogP contribution in [0.1, 0.15) is 35.5 Å². The molecule has 2 aromatic heterocycles. The van der Waals surface area contributed by atoms with E-state index in [0.29, 0.717) is 10.9 Å². The molecule has 1 aliphatic rings. The largest absolute Gasteiger partial charge is 0.489 e. The number of primary amides is 1. The zero-order valence-corrected chi connectivity index (χ0v) is 24.9. The minimum absolute atomic E-state index is 0.0367. The molecular formula is C32H30F4N4O6. The second-order valence-corrected chi connectivity index (χ2v) is 11.2. The molecular weight excluding hydrogens is 612 g/mol. The van der Waals surface area contributed by atoms with Crippen LogP contribution in [-0.4, -0.2) is 66.0 Å². The monoisotopic (exact) mass is 642 g/mol. The first kappa shape index (κ1) is 32.6. The number of halogens is 4. The molecule has 46 heavy (non-hydrogen) atoms. The standard InChI is InChI=1S/C32H30F4N4O6/c1-17(44-3)14-45-23-12-20(11-19-5-4-10-38-25(19)23)28(41)39-15-31(43,32(34,35)36)24-13-22-27(46-16-30(22,2)29(37)42)26(40-24)18-6-8-21(33)9-7-18/h4-13,17,43H,14-16H2,1-3H3,(H2,37,42)(H,39,41)/t17-,30+,31+/m1/s1. The highest BCUT2D eigenvalue weighted by atomic mass is 19.4. The Labute approximate surface area is 260 Å². The fraction of sp³-hybridized carbons (Fsp3) is 0.312. The Hall–Kier alpha value is -4.82. The Kier molecular flexibility index (Phi) is 8.62. The first-order valence-corrected chi connectivity index (χ1v) is 14.0. The lowest BCUT2D eigenvalue weighted by Crippen LogP contribution is -2.51. The number of nitrogens with two attached hydrogens (primary N) is 1. The lowest BCUT2D eigenvalue weighted by molar-refractivity contribution is -0.265. The number of benzene rings is 2. The number of pyridine rings is 2. The highest BCUT2D eigenvalue weighted by Gasteiger charge is 2.57. The van der Waals surface area contributed by atoms with E-state index in [1.165, 1.54) is 44.5 Å². The molecule has 5 rings (SSSR count). The Balaban J connectivity index is 1.55. The summed E-state index contributed by atoms with van der Waals surface area (Å²) in [6.45, 7) is 1.59. The van der Waals surface area contributed by atoms with Gasteiger partial charge >= 0.3 is 6.18 Å². The lowest BCUT2D eigenvalue weighted by Gasteiger charge is -2.31. The summed E-state index contributed by atoms with van der Waals surface area (Å²) in [4.78, 5) is 34.1. The first-order valence-electron chi connectivity index (χ1n) is 14.0. The van der Waals surface area contributed by atoms with Gasteiger partial charge in [0.25, 0.3) is 5.91 Å². The molecule has 14 heteroatoms. The molecule has 0 unspecified atom stereocenters. The van der Waals surface area contributed by atoms with Crippen LogP contribution in [0.3, 0.4) is 0 Å². The van der Waals surface area contributed by atoms with E-state index >= 15 is 0 Å². The van der Waals surface area contributed by atoms with Crippen molar-refractivity contribution in [2.45, 2.75) is 37.1 Å². The maximum Gasteiger partial charge on any atom is 0.424 e. The molecule has 3 atom stereocenters. The summed E-state index contributed by atoms with van der Waals surface area (Å²) in [6.07, 6.45) is -4.16. The molecule has 0 fully saturated rings. The topological polar surface area (TPSA) is 146 Å². The number of nitrogens with zero attached hydrogens (tertiary/aromatic N) is 2. The number of carbonyl (C=O) groups is 2. The molecule has 2 aromatic carbocycles. The normalized spacial score (nSPS) is 17.9. The number of aromatic nitrogens is 2. The van der Waals surface area contributed by atoms with E-state index in [9.17, 15) is 32.3 Å². The zero-order chi connectivity index (χ0) is 33.4. The predicted molar refractivity (Wildman–Crippen MR) is 158 cm³/mol. The molecule has 0 aliphatic carbocycles. The number of fused-ring (bicyclic) bond motifs is 2. The number of ether oxygens (including phenoxy) is 3. The van der Waals surface area contributed by atoms with Crippen LogP contribution < -0.4 is 20.5 Å². The quantitative estimate of drug-likeness (QED) is 0.219. The van der Waals surface area contributed by atoms with E-state index in [-0.39, 0.29) is 53.2 Å². The Bertz CT molecular complexity index is 1800. The number of aliphatic hydroxyl groups is 1. The number of alkyl halides is 3. The van der Waals surface area contributed by atoms with Crippen LogP contribution in [0.5, 0.6) is 11.5 Å². The average molecular weight is 643 g/mol. The summed E-state index contributed by atoms with van der Waals surface area (Å²) in [7, 11) is 1.50. The van der Waals surface area contributed by atoms with Gasteiger partial charge in [-0.3, -0.25) is 14.6 Å². The van der Waals surface area contributed by atoms with Crippen molar-refractivity contribution >= 4 is 22.7 Å². The second kappa shape index (κ2) is 12.2. The fourth-order valence-corrected chi connectivity index (χ4v) is 4.92. The van der Waals surface area contributed by atoms with Crippen LogP contribution >= 0.6 is 0 Å². The maximum absolute atomic E-state index is 14.8. The third kappa shape index (κ3) is 5.93. The Morgan fingerprint density at radius 1 is 1.17 bits per heavy atom. The molecule has 2 amide bonds. The predicted octanol–water partition coefficient (Wildman–Crippen LogP) is 4.16. The van der Waals surface area contributed by atoms with Crippen LogP contribution in [0.25, 0.3) is 22.2 Å². The van der Waals surface area contributed by atoms with Gasteiger partial charge in [-0.25, -0.2) is 9.37 Å². The number of hydrogen-bond donors (Lipinski definition) is 3. The van der Waals surface area contributed by atoms with Crippen molar-refractivity contribution in [2.24, 2.45) is 5.73 Å². The summed E-state index contributed by atoms with van der Waals surface area (Å²) in [5.74, 6) is -2.29. The van der Waals surface area contributed by atoms with Crippen molar-refractivity contribution in [3.05, 3.63) is 83.4 Å². The smallest absolute Gasteiger partial charge is 0.424 e. The number of nitrogens with one attached hydrogen (secondary N) is 1. The van der Waals surface area contributed by atoms with E-state index in [1.807, 2.05) is 0 Å². The number of amides is 2. The fourth-order valence-electron chi connectivity index (χ4n) is 4.92. The number of rotatable bonds is 10. The number of carbonyl (C=O) groups excluding carboxylic acids is 2. The van der Waals surface area contributed by atoms with E-state index in [2.05, 4.69) is 15.3 Å². The van der Waals surface area contributed by atoms with Gasteiger partial charge in [-0.05, 0) is 62.4 Å². The molecule has 0 saturated heterocycles. The van der Waals surface area contributed by atoms with Gasteiger partial charge in [0, 0.05) is 35.4 Å². The van der Waals surface area contributed by atoms with Gasteiger partial charge in [0.15, 0.2) is 0 Å². The van der Waals surface area contributed by atoms with E-state index in [1.54, 1.807) is 19.1 Å². The first-order chi connectivity index (χ1) is 21.7. The van der Waals surface area contributed by atoms with Crippen LogP contribution in [0.2, 0.25) is 0 Å². The third-order valence-corrected chi connectivity index (χ3v) is 7.94. The van der Waals surface area contributed by atoms with Gasteiger partial charge in [-0.1, -0.05) is 6.07 Å². The molecule has 10 nitrogen and oxygen atoms in total. The summed E-state index contributed by atoms with van der Waals surface area (Å²) in [5.41, 5.74) is -0.367. The van der Waals surface area contributed by atoms with Crippen LogP contribution in [0.4, 0.5) is 17.6 Å². The van der Waals surface area contributed by atoms with Gasteiger partial charge < -0.3 is 30.4 Å². The zero-order valence-electron chi connectivity index (χ0n) is 24.9. The lowest BCUT2D eigenvalue weighted by atomic mass is 9.81. The van der Waals surface area contributed by atoms with Crippen molar-refractivity contribution < 1.29 is 46.5 Å². The third-order valence-electron chi connectivity index (χ3n) is 7.94. The van der Waals surface area contributed by atoms with Crippen LogP contribution in [-0.2, 0) is 20.5 Å². The minimum Gasteiger partial charge on any atom is -0.489 e. The molecule has 0 spiro atoms. The van der Waals surface area contributed by atoms with Crippen molar-refractivity contribution in [2.75, 3.05) is 26.9 Å². The van der Waals surface area contributed by atoms with Crippen molar-refractivity contribution in [3.63, 3.8) is 0 Å². The van der Waals surface area contributed by atoms with Gasteiger partial charge in [-0.15, -0.1) is 0 Å². The van der Waals surface area contributed by atoms with Crippen molar-refractivity contribution in [1.29, 1.82) is 0 Å². The van der Waals surface area contributed by atoms with Gasteiger partial charge in [0.1, 0.15) is 47.2 Å². The maximum atomic E-state index is 14.8. The van der Waals surface area contributed by atoms with Crippen molar-refractivity contribution in [1.82, 2.24) is 15.3 Å². The highest BCUT2D eigenvalue weighted by molar-refractivity contribution is 6.00. The molecule has 3 heterocycles. The second-order valence-electron chi connectivity index (χ2n) is 11.2. The Morgan fingerprint density at radius 3 is 2.54 bits per heavy atom. The number of hydrogen-bond acceptors (Lipinski definition) is 8. The van der Waals surface area contributed by atoms with Crippen LogP contribution in [0, 0.1) is 5.82 Å². The molecule has 1 aliphatic heterocycles. The van der Waals surface area contributed by atoms with E-state index in [4.69, 9.17) is 19.9 Å². The molecule has 0 bridgehead atoms. The van der Waals surface area contributed by atoms with E-state index in [0.717, 1.165) is 18.2 Å². The minimum atomic E-state index is -5.37.